The second-order valence-electron chi connectivity index (χ2n) is 6.28. The van der Waals surface area contributed by atoms with Gasteiger partial charge in [0.05, 0.1) is 12.4 Å². The zero-order chi connectivity index (χ0) is 16.4. The number of aromatic nitrogens is 2. The Morgan fingerprint density at radius 1 is 1.39 bits per heavy atom. The number of hydrogen-bond donors (Lipinski definition) is 1. The van der Waals surface area contributed by atoms with Gasteiger partial charge in [-0.3, -0.25) is 4.90 Å². The fraction of sp³-hybridized carbons (Fsp3) is 0.471. The molecule has 2 aromatic rings. The van der Waals surface area contributed by atoms with Crippen molar-refractivity contribution >= 4 is 0 Å². The number of β-amino-alcohol motifs (C(OH)–C–C–N with tert-alkyl or cyclic N) is 1. The van der Waals surface area contributed by atoms with Crippen molar-refractivity contribution in [1.82, 2.24) is 14.5 Å². The van der Waals surface area contributed by atoms with Crippen LogP contribution >= 0.6 is 0 Å². The third-order valence-corrected chi connectivity index (χ3v) is 4.66. The maximum atomic E-state index is 13.8. The van der Waals surface area contributed by atoms with Gasteiger partial charge in [0.1, 0.15) is 11.6 Å². The molecule has 1 aliphatic rings. The van der Waals surface area contributed by atoms with Crippen molar-refractivity contribution in [3.63, 3.8) is 0 Å². The zero-order valence-corrected chi connectivity index (χ0v) is 13.1. The number of aliphatic hydroxyl groups excluding tert-OH is 1. The Morgan fingerprint density at radius 2 is 2.22 bits per heavy atom. The number of halogens is 2. The van der Waals surface area contributed by atoms with Gasteiger partial charge in [-0.1, -0.05) is 13.0 Å². The Balaban J connectivity index is 1.67. The number of benzene rings is 1. The lowest BCUT2D eigenvalue weighted by Gasteiger charge is -2.38. The summed E-state index contributed by atoms with van der Waals surface area (Å²) in [5, 5.41) is 10.3. The first-order valence-electron chi connectivity index (χ1n) is 7.87. The Hall–Kier alpha value is -1.79. The van der Waals surface area contributed by atoms with Crippen LogP contribution in [0.5, 0.6) is 0 Å². The van der Waals surface area contributed by atoms with Gasteiger partial charge >= 0.3 is 0 Å². The highest BCUT2D eigenvalue weighted by atomic mass is 19.1. The number of imidazole rings is 1. The average molecular weight is 321 g/mol. The second-order valence-corrected chi connectivity index (χ2v) is 6.28. The fourth-order valence-corrected chi connectivity index (χ4v) is 3.25. The molecule has 2 heterocycles. The van der Waals surface area contributed by atoms with Crippen LogP contribution in [0.1, 0.15) is 31.1 Å². The standard InChI is InChI=1S/C17H21F2N3O/c1-12-4-6-21(9-16(12)22-7-5-20-11-22)10-17(23)14-3-2-13(18)8-15(14)19/h2-3,5,7-8,11-12,16-17,23H,4,6,9-10H2,1H3. The highest BCUT2D eigenvalue weighted by molar-refractivity contribution is 5.21. The van der Waals surface area contributed by atoms with Crippen molar-refractivity contribution in [2.24, 2.45) is 5.92 Å². The van der Waals surface area contributed by atoms with Gasteiger partial charge < -0.3 is 9.67 Å². The third-order valence-electron chi connectivity index (χ3n) is 4.66. The molecule has 3 atom stereocenters. The molecule has 0 radical (unpaired) electrons. The molecule has 3 rings (SSSR count). The SMILES string of the molecule is CC1CCN(CC(O)c2ccc(F)cc2F)CC1n1ccnc1. The lowest BCUT2D eigenvalue weighted by molar-refractivity contribution is 0.0669. The van der Waals surface area contributed by atoms with Crippen LogP contribution in [0.4, 0.5) is 8.78 Å². The van der Waals surface area contributed by atoms with E-state index in [-0.39, 0.29) is 11.6 Å². The van der Waals surface area contributed by atoms with Gasteiger partial charge in [-0.2, -0.15) is 0 Å². The maximum absolute atomic E-state index is 13.8. The first kappa shape index (κ1) is 16.1. The molecule has 23 heavy (non-hydrogen) atoms. The molecule has 1 aromatic carbocycles. The van der Waals surface area contributed by atoms with Crippen molar-refractivity contribution in [3.05, 3.63) is 54.1 Å². The summed E-state index contributed by atoms with van der Waals surface area (Å²) in [5.41, 5.74) is 0.143. The summed E-state index contributed by atoms with van der Waals surface area (Å²) in [5.74, 6) is -0.820. The molecule has 124 valence electrons. The van der Waals surface area contributed by atoms with Crippen LogP contribution in [-0.4, -0.2) is 39.2 Å². The molecule has 0 amide bonds. The summed E-state index contributed by atoms with van der Waals surface area (Å²) >= 11 is 0. The van der Waals surface area contributed by atoms with Gasteiger partial charge in [-0.05, 0) is 24.9 Å². The summed E-state index contributed by atoms with van der Waals surface area (Å²) in [4.78, 5) is 6.22. The minimum Gasteiger partial charge on any atom is -0.387 e. The molecular formula is C17H21F2N3O. The largest absolute Gasteiger partial charge is 0.387 e. The quantitative estimate of drug-likeness (QED) is 0.941. The third kappa shape index (κ3) is 3.59. The van der Waals surface area contributed by atoms with E-state index in [0.717, 1.165) is 25.6 Å². The lowest BCUT2D eigenvalue weighted by atomic mass is 9.93. The van der Waals surface area contributed by atoms with Gasteiger partial charge in [0.15, 0.2) is 0 Å². The summed E-state index contributed by atoms with van der Waals surface area (Å²) in [6.45, 7) is 4.17. The number of aliphatic hydroxyl groups is 1. The summed E-state index contributed by atoms with van der Waals surface area (Å²) in [6.07, 6.45) is 5.55. The van der Waals surface area contributed by atoms with Gasteiger partial charge in [0.2, 0.25) is 0 Å². The van der Waals surface area contributed by atoms with E-state index in [2.05, 4.69) is 21.4 Å². The fourth-order valence-electron chi connectivity index (χ4n) is 3.25. The van der Waals surface area contributed by atoms with Crippen molar-refractivity contribution in [3.8, 4) is 0 Å². The van der Waals surface area contributed by atoms with Gasteiger partial charge in [0.25, 0.3) is 0 Å². The number of nitrogens with zero attached hydrogens (tertiary/aromatic N) is 3. The van der Waals surface area contributed by atoms with Crippen molar-refractivity contribution < 1.29 is 13.9 Å². The minimum absolute atomic E-state index is 0.143. The molecule has 3 unspecified atom stereocenters. The zero-order valence-electron chi connectivity index (χ0n) is 13.1. The minimum atomic E-state index is -0.965. The van der Waals surface area contributed by atoms with Crippen molar-refractivity contribution in [2.75, 3.05) is 19.6 Å². The highest BCUT2D eigenvalue weighted by Gasteiger charge is 2.29. The topological polar surface area (TPSA) is 41.3 Å². The van der Waals surface area contributed by atoms with Crippen LogP contribution in [0.3, 0.4) is 0 Å². The summed E-state index contributed by atoms with van der Waals surface area (Å²) < 4.78 is 28.9. The van der Waals surface area contributed by atoms with Crippen molar-refractivity contribution in [2.45, 2.75) is 25.5 Å². The number of likely N-dealkylation sites (tertiary alicyclic amines) is 1. The first-order valence-corrected chi connectivity index (χ1v) is 7.87. The van der Waals surface area contributed by atoms with Crippen LogP contribution in [-0.2, 0) is 0 Å². The van der Waals surface area contributed by atoms with Crippen LogP contribution in [0.15, 0.2) is 36.9 Å². The molecule has 0 spiro atoms. The molecule has 1 aromatic heterocycles. The Kier molecular flexibility index (Phi) is 4.73. The lowest BCUT2D eigenvalue weighted by Crippen LogP contribution is -2.42. The van der Waals surface area contributed by atoms with Crippen LogP contribution < -0.4 is 0 Å². The van der Waals surface area contributed by atoms with Crippen LogP contribution in [0, 0.1) is 17.6 Å². The van der Waals surface area contributed by atoms with Crippen LogP contribution in [0.2, 0.25) is 0 Å². The first-order chi connectivity index (χ1) is 11.0. The smallest absolute Gasteiger partial charge is 0.131 e. The predicted molar refractivity (Wildman–Crippen MR) is 82.8 cm³/mol. The van der Waals surface area contributed by atoms with E-state index in [1.165, 1.54) is 12.1 Å². The predicted octanol–water partition coefficient (Wildman–Crippen LogP) is 2.78. The van der Waals surface area contributed by atoms with Crippen LogP contribution in [0.25, 0.3) is 0 Å². The molecule has 1 N–H and O–H groups in total. The number of rotatable bonds is 4. The molecule has 6 heteroatoms. The van der Waals surface area contributed by atoms with E-state index in [9.17, 15) is 13.9 Å². The Bertz CT molecular complexity index is 647. The van der Waals surface area contributed by atoms with Gasteiger partial charge in [-0.15, -0.1) is 0 Å². The molecule has 0 bridgehead atoms. The normalized spacial score (nSPS) is 23.8. The Labute approximate surface area is 134 Å². The molecular weight excluding hydrogens is 300 g/mol. The molecule has 1 saturated heterocycles. The van der Waals surface area contributed by atoms with E-state index in [1.54, 1.807) is 12.5 Å². The molecule has 1 fully saturated rings. The van der Waals surface area contributed by atoms with E-state index in [1.807, 2.05) is 6.20 Å². The van der Waals surface area contributed by atoms with E-state index < -0.39 is 17.7 Å². The number of piperidine rings is 1. The van der Waals surface area contributed by atoms with E-state index in [0.29, 0.717) is 12.5 Å². The monoisotopic (exact) mass is 321 g/mol. The average Bonchev–Trinajstić information content (AvgIpc) is 3.03. The number of hydrogen-bond acceptors (Lipinski definition) is 3. The Morgan fingerprint density at radius 3 is 2.91 bits per heavy atom. The highest BCUT2D eigenvalue weighted by Crippen LogP contribution is 2.29. The molecule has 0 aliphatic carbocycles. The maximum Gasteiger partial charge on any atom is 0.131 e. The second kappa shape index (κ2) is 6.76. The molecule has 0 saturated carbocycles. The van der Waals surface area contributed by atoms with E-state index >= 15 is 0 Å². The molecule has 4 nitrogen and oxygen atoms in total. The van der Waals surface area contributed by atoms with E-state index in [4.69, 9.17) is 0 Å². The van der Waals surface area contributed by atoms with Crippen molar-refractivity contribution in [1.29, 1.82) is 0 Å². The summed E-state index contributed by atoms with van der Waals surface area (Å²) in [6, 6.07) is 3.59. The molecule has 1 aliphatic heterocycles. The van der Waals surface area contributed by atoms with Gasteiger partial charge in [0, 0.05) is 43.2 Å². The summed E-state index contributed by atoms with van der Waals surface area (Å²) in [7, 11) is 0. The van der Waals surface area contributed by atoms with Gasteiger partial charge in [-0.25, -0.2) is 13.8 Å².